The summed E-state index contributed by atoms with van der Waals surface area (Å²) in [7, 11) is 2.21. The molecule has 0 aromatic heterocycles. The van der Waals surface area contributed by atoms with Crippen molar-refractivity contribution in [2.24, 2.45) is 0 Å². The molecule has 2 aromatic carbocycles. The van der Waals surface area contributed by atoms with Crippen molar-refractivity contribution in [1.82, 2.24) is 4.90 Å². The highest BCUT2D eigenvalue weighted by Gasteiger charge is 2.19. The van der Waals surface area contributed by atoms with Crippen molar-refractivity contribution in [2.75, 3.05) is 13.6 Å². The van der Waals surface area contributed by atoms with Gasteiger partial charge in [-0.2, -0.15) is 0 Å². The second-order valence-corrected chi connectivity index (χ2v) is 6.31. The Hall–Kier alpha value is -1.87. The number of nitrogens with zero attached hydrogens (tertiary/aromatic N) is 1. The molecule has 2 nitrogen and oxygen atoms in total. The molecule has 0 bridgehead atoms. The van der Waals surface area contributed by atoms with Crippen LogP contribution in [-0.4, -0.2) is 24.5 Å². The first-order chi connectivity index (χ1) is 11.2. The Morgan fingerprint density at radius 2 is 1.78 bits per heavy atom. The Labute approximate surface area is 137 Å². The van der Waals surface area contributed by atoms with E-state index < -0.39 is 0 Å². The van der Waals surface area contributed by atoms with Crippen LogP contribution in [0.2, 0.25) is 0 Å². The molecule has 0 N–H and O–H groups in total. The quantitative estimate of drug-likeness (QED) is 0.767. The van der Waals surface area contributed by atoms with Crippen LogP contribution in [0.1, 0.15) is 31.2 Å². The van der Waals surface area contributed by atoms with E-state index in [0.717, 1.165) is 24.2 Å². The van der Waals surface area contributed by atoms with Gasteiger partial charge in [0.25, 0.3) is 0 Å². The lowest BCUT2D eigenvalue weighted by Gasteiger charge is -2.32. The average molecular weight is 313 g/mol. The minimum Gasteiger partial charge on any atom is -0.454 e. The van der Waals surface area contributed by atoms with Gasteiger partial charge in [0.15, 0.2) is 11.6 Å². The van der Waals surface area contributed by atoms with Crippen molar-refractivity contribution in [3.05, 3.63) is 59.9 Å². The first-order valence-corrected chi connectivity index (χ1v) is 8.44. The summed E-state index contributed by atoms with van der Waals surface area (Å²) in [6.07, 6.45) is 5.98. The molecule has 122 valence electrons. The van der Waals surface area contributed by atoms with Crippen LogP contribution in [0.4, 0.5) is 4.39 Å². The van der Waals surface area contributed by atoms with Crippen molar-refractivity contribution >= 4 is 0 Å². The summed E-state index contributed by atoms with van der Waals surface area (Å²) >= 11 is 0. The zero-order valence-corrected chi connectivity index (χ0v) is 13.7. The van der Waals surface area contributed by atoms with Crippen LogP contribution in [0, 0.1) is 5.82 Å². The lowest BCUT2D eigenvalue weighted by molar-refractivity contribution is 0.176. The molecule has 2 aromatic rings. The third-order valence-corrected chi connectivity index (χ3v) is 4.70. The predicted octanol–water partition coefficient (Wildman–Crippen LogP) is 5.03. The maximum atomic E-state index is 13.8. The van der Waals surface area contributed by atoms with Crippen LogP contribution in [0.15, 0.2) is 48.5 Å². The fourth-order valence-electron chi connectivity index (χ4n) is 3.29. The van der Waals surface area contributed by atoms with Gasteiger partial charge >= 0.3 is 0 Å². The van der Waals surface area contributed by atoms with Gasteiger partial charge in [-0.25, -0.2) is 4.39 Å². The molecule has 1 atom stereocenters. The highest BCUT2D eigenvalue weighted by Crippen LogP contribution is 2.29. The van der Waals surface area contributed by atoms with Crippen molar-refractivity contribution in [1.29, 1.82) is 0 Å². The molecule has 3 rings (SSSR count). The number of rotatable bonds is 5. The molecule has 1 heterocycles. The minimum absolute atomic E-state index is 0.287. The number of halogens is 1. The Morgan fingerprint density at radius 3 is 2.57 bits per heavy atom. The number of hydrogen-bond acceptors (Lipinski definition) is 2. The lowest BCUT2D eigenvalue weighted by Crippen LogP contribution is -2.36. The Balaban J connectivity index is 1.69. The molecule has 0 aliphatic carbocycles. The first-order valence-electron chi connectivity index (χ1n) is 8.44. The lowest BCUT2D eigenvalue weighted by atomic mass is 9.96. The highest BCUT2D eigenvalue weighted by atomic mass is 19.1. The summed E-state index contributed by atoms with van der Waals surface area (Å²) in [6.45, 7) is 1.19. The van der Waals surface area contributed by atoms with Crippen LogP contribution in [0.25, 0.3) is 0 Å². The van der Waals surface area contributed by atoms with E-state index in [-0.39, 0.29) is 11.6 Å². The normalized spacial score (nSPS) is 18.8. The standard InChI is InChI=1S/C20H24FNO/c1-22-15-7-6-9-17(22)14-13-16-8-2-4-11-19(16)23-20-12-5-3-10-18(20)21/h2-5,8,10-12,17H,6-7,9,13-15H2,1H3. The average Bonchev–Trinajstić information content (AvgIpc) is 2.57. The maximum absolute atomic E-state index is 13.8. The largest absolute Gasteiger partial charge is 0.454 e. The minimum atomic E-state index is -0.325. The summed E-state index contributed by atoms with van der Waals surface area (Å²) in [4.78, 5) is 2.46. The van der Waals surface area contributed by atoms with E-state index >= 15 is 0 Å². The zero-order valence-electron chi connectivity index (χ0n) is 13.7. The Kier molecular flexibility index (Phi) is 5.29. The maximum Gasteiger partial charge on any atom is 0.165 e. The van der Waals surface area contributed by atoms with E-state index in [2.05, 4.69) is 18.0 Å². The van der Waals surface area contributed by atoms with Crippen molar-refractivity contribution in [3.63, 3.8) is 0 Å². The summed E-state index contributed by atoms with van der Waals surface area (Å²) in [5.74, 6) is 0.722. The van der Waals surface area contributed by atoms with Crippen LogP contribution in [-0.2, 0) is 6.42 Å². The summed E-state index contributed by atoms with van der Waals surface area (Å²) in [5, 5.41) is 0. The Bertz CT molecular complexity index is 643. The topological polar surface area (TPSA) is 12.5 Å². The molecular formula is C20H24FNO. The van der Waals surface area contributed by atoms with Gasteiger partial charge in [0, 0.05) is 6.04 Å². The summed E-state index contributed by atoms with van der Waals surface area (Å²) < 4.78 is 19.6. The second-order valence-electron chi connectivity index (χ2n) is 6.31. The number of likely N-dealkylation sites (tertiary alicyclic amines) is 1. The SMILES string of the molecule is CN1CCCCC1CCc1ccccc1Oc1ccccc1F. The van der Waals surface area contributed by atoms with Gasteiger partial charge in [-0.1, -0.05) is 36.8 Å². The first kappa shape index (κ1) is 16.0. The molecule has 0 radical (unpaired) electrons. The molecule has 1 aliphatic rings. The van der Waals surface area contributed by atoms with Crippen molar-refractivity contribution in [2.45, 2.75) is 38.1 Å². The van der Waals surface area contributed by atoms with Gasteiger partial charge in [-0.3, -0.25) is 0 Å². The molecule has 1 aliphatic heterocycles. The van der Waals surface area contributed by atoms with Gasteiger partial charge in [-0.05, 0) is 63.0 Å². The number of aryl methyl sites for hydroxylation is 1. The van der Waals surface area contributed by atoms with E-state index in [4.69, 9.17) is 4.74 Å². The second kappa shape index (κ2) is 7.60. The van der Waals surface area contributed by atoms with Crippen molar-refractivity contribution in [3.8, 4) is 11.5 Å². The van der Waals surface area contributed by atoms with E-state index in [9.17, 15) is 4.39 Å². The molecule has 1 saturated heterocycles. The number of hydrogen-bond donors (Lipinski definition) is 0. The zero-order chi connectivity index (χ0) is 16.1. The molecule has 0 amide bonds. The Morgan fingerprint density at radius 1 is 1.04 bits per heavy atom. The van der Waals surface area contributed by atoms with Gasteiger partial charge in [0.2, 0.25) is 0 Å². The molecule has 1 unspecified atom stereocenters. The number of benzene rings is 2. The van der Waals surface area contributed by atoms with E-state index in [1.54, 1.807) is 18.2 Å². The van der Waals surface area contributed by atoms with Crippen LogP contribution in [0.3, 0.4) is 0 Å². The molecule has 23 heavy (non-hydrogen) atoms. The van der Waals surface area contributed by atoms with E-state index in [0.29, 0.717) is 6.04 Å². The third kappa shape index (κ3) is 4.11. The van der Waals surface area contributed by atoms with E-state index in [1.807, 2.05) is 18.2 Å². The molecule has 3 heteroatoms. The molecule has 0 spiro atoms. The summed E-state index contributed by atoms with van der Waals surface area (Å²) in [6, 6.07) is 15.2. The van der Waals surface area contributed by atoms with Gasteiger partial charge < -0.3 is 9.64 Å². The van der Waals surface area contributed by atoms with Crippen LogP contribution < -0.4 is 4.74 Å². The number of para-hydroxylation sites is 2. The highest BCUT2D eigenvalue weighted by molar-refractivity contribution is 5.38. The number of ether oxygens (including phenoxy) is 1. The fraction of sp³-hybridized carbons (Fsp3) is 0.400. The molecular weight excluding hydrogens is 289 g/mol. The fourth-order valence-corrected chi connectivity index (χ4v) is 3.29. The molecule has 0 saturated carbocycles. The predicted molar refractivity (Wildman–Crippen MR) is 91.5 cm³/mol. The molecule has 1 fully saturated rings. The smallest absolute Gasteiger partial charge is 0.165 e. The van der Waals surface area contributed by atoms with Crippen LogP contribution in [0.5, 0.6) is 11.5 Å². The van der Waals surface area contributed by atoms with Gasteiger partial charge in [0.05, 0.1) is 0 Å². The van der Waals surface area contributed by atoms with Gasteiger partial charge in [0.1, 0.15) is 5.75 Å². The van der Waals surface area contributed by atoms with Crippen molar-refractivity contribution < 1.29 is 9.13 Å². The number of piperidine rings is 1. The van der Waals surface area contributed by atoms with Gasteiger partial charge in [-0.15, -0.1) is 0 Å². The summed E-state index contributed by atoms with van der Waals surface area (Å²) in [5.41, 5.74) is 1.15. The third-order valence-electron chi connectivity index (χ3n) is 4.70. The van der Waals surface area contributed by atoms with E-state index in [1.165, 1.54) is 31.9 Å². The van der Waals surface area contributed by atoms with Crippen LogP contribution >= 0.6 is 0 Å². The monoisotopic (exact) mass is 313 g/mol.